The van der Waals surface area contributed by atoms with E-state index in [0.29, 0.717) is 11.9 Å². The van der Waals surface area contributed by atoms with Crippen LogP contribution in [0.4, 0.5) is 5.82 Å². The summed E-state index contributed by atoms with van der Waals surface area (Å²) in [6.07, 6.45) is 1.07. The van der Waals surface area contributed by atoms with Crippen LogP contribution in [-0.2, 0) is 17.7 Å². The Labute approximate surface area is 101 Å². The van der Waals surface area contributed by atoms with E-state index in [-0.39, 0.29) is 0 Å². The molecule has 1 aromatic heterocycles. The van der Waals surface area contributed by atoms with Crippen LogP contribution in [0.15, 0.2) is 0 Å². The summed E-state index contributed by atoms with van der Waals surface area (Å²) >= 11 is 5.99. The molecule has 90 valence electrons. The minimum absolute atomic E-state index is 0.441. The van der Waals surface area contributed by atoms with Gasteiger partial charge in [0.25, 0.3) is 0 Å². The fourth-order valence-electron chi connectivity index (χ4n) is 2.29. The Hall–Kier alpha value is -0.740. The molecule has 0 saturated carbocycles. The summed E-state index contributed by atoms with van der Waals surface area (Å²) in [5, 5.41) is 4.42. The van der Waals surface area contributed by atoms with Gasteiger partial charge in [-0.15, -0.1) is 11.6 Å². The van der Waals surface area contributed by atoms with Crippen molar-refractivity contribution < 1.29 is 4.74 Å². The molecular weight excluding hydrogens is 226 g/mol. The SMILES string of the molecule is Cc1nn(C)c(N(C)C2CCOC2)c1CCl. The van der Waals surface area contributed by atoms with Crippen LogP contribution in [0.25, 0.3) is 0 Å². The second kappa shape index (κ2) is 4.63. The second-order valence-corrected chi connectivity index (χ2v) is 4.54. The van der Waals surface area contributed by atoms with Gasteiger partial charge in [0, 0.05) is 26.3 Å². The summed E-state index contributed by atoms with van der Waals surface area (Å²) in [6, 6.07) is 0.441. The third-order valence-electron chi connectivity index (χ3n) is 3.23. The van der Waals surface area contributed by atoms with E-state index in [4.69, 9.17) is 16.3 Å². The molecule has 2 heterocycles. The van der Waals surface area contributed by atoms with Crippen molar-refractivity contribution in [2.24, 2.45) is 7.05 Å². The number of nitrogens with zero attached hydrogens (tertiary/aromatic N) is 3. The van der Waals surface area contributed by atoms with Crippen LogP contribution in [0.2, 0.25) is 0 Å². The minimum Gasteiger partial charge on any atom is -0.379 e. The number of aryl methyl sites for hydroxylation is 2. The Balaban J connectivity index is 2.30. The Morgan fingerprint density at radius 3 is 2.94 bits per heavy atom. The van der Waals surface area contributed by atoms with Crippen LogP contribution in [0.3, 0.4) is 0 Å². The van der Waals surface area contributed by atoms with E-state index in [2.05, 4.69) is 17.0 Å². The topological polar surface area (TPSA) is 30.3 Å². The number of ether oxygens (including phenoxy) is 1. The zero-order chi connectivity index (χ0) is 11.7. The van der Waals surface area contributed by atoms with Gasteiger partial charge in [0.15, 0.2) is 0 Å². The maximum Gasteiger partial charge on any atom is 0.131 e. The minimum atomic E-state index is 0.441. The van der Waals surface area contributed by atoms with Gasteiger partial charge in [-0.25, -0.2) is 0 Å². The molecule has 0 N–H and O–H groups in total. The third kappa shape index (κ3) is 1.92. The molecule has 0 amide bonds. The fourth-order valence-corrected chi connectivity index (χ4v) is 2.60. The van der Waals surface area contributed by atoms with Gasteiger partial charge in [-0.3, -0.25) is 4.68 Å². The largest absolute Gasteiger partial charge is 0.379 e. The number of anilines is 1. The molecule has 5 heteroatoms. The summed E-state index contributed by atoms with van der Waals surface area (Å²) in [5.41, 5.74) is 2.14. The number of rotatable bonds is 3. The summed E-state index contributed by atoms with van der Waals surface area (Å²) in [4.78, 5) is 2.24. The van der Waals surface area contributed by atoms with Crippen molar-refractivity contribution in [3.63, 3.8) is 0 Å². The lowest BCUT2D eigenvalue weighted by Crippen LogP contribution is -2.33. The van der Waals surface area contributed by atoms with E-state index < -0.39 is 0 Å². The van der Waals surface area contributed by atoms with Gasteiger partial charge >= 0.3 is 0 Å². The summed E-state index contributed by atoms with van der Waals surface area (Å²) < 4.78 is 7.32. The molecule has 16 heavy (non-hydrogen) atoms. The Kier molecular flexibility index (Phi) is 3.40. The van der Waals surface area contributed by atoms with Crippen molar-refractivity contribution in [2.75, 3.05) is 25.2 Å². The average molecular weight is 244 g/mol. The van der Waals surface area contributed by atoms with E-state index in [1.165, 1.54) is 0 Å². The first-order chi connectivity index (χ1) is 7.65. The summed E-state index contributed by atoms with van der Waals surface area (Å²) in [5.74, 6) is 1.62. The molecule has 1 aliphatic heterocycles. The average Bonchev–Trinajstić information content (AvgIpc) is 2.84. The molecule has 4 nitrogen and oxygen atoms in total. The fraction of sp³-hybridized carbons (Fsp3) is 0.727. The molecule has 0 aromatic carbocycles. The highest BCUT2D eigenvalue weighted by Gasteiger charge is 2.25. The van der Waals surface area contributed by atoms with Crippen LogP contribution in [0.5, 0.6) is 0 Å². The molecule has 1 fully saturated rings. The molecule has 1 aliphatic rings. The van der Waals surface area contributed by atoms with Gasteiger partial charge in [-0.05, 0) is 13.3 Å². The smallest absolute Gasteiger partial charge is 0.131 e. The predicted molar refractivity (Wildman–Crippen MR) is 65.1 cm³/mol. The highest BCUT2D eigenvalue weighted by Crippen LogP contribution is 2.27. The van der Waals surface area contributed by atoms with E-state index in [1.54, 1.807) is 0 Å². The lowest BCUT2D eigenvalue weighted by molar-refractivity contribution is 0.193. The Bertz CT molecular complexity index is 372. The van der Waals surface area contributed by atoms with Crippen molar-refractivity contribution in [3.8, 4) is 0 Å². The number of halogens is 1. The molecule has 0 spiro atoms. The zero-order valence-electron chi connectivity index (χ0n) is 10.0. The molecular formula is C11H18ClN3O. The maximum atomic E-state index is 5.99. The molecule has 2 rings (SSSR count). The van der Waals surface area contributed by atoms with Crippen LogP contribution < -0.4 is 4.90 Å². The van der Waals surface area contributed by atoms with Gasteiger partial charge in [-0.2, -0.15) is 5.10 Å². The van der Waals surface area contributed by atoms with E-state index in [1.807, 2.05) is 18.7 Å². The number of hydrogen-bond donors (Lipinski definition) is 0. The van der Waals surface area contributed by atoms with Gasteiger partial charge in [0.2, 0.25) is 0 Å². The van der Waals surface area contributed by atoms with E-state index >= 15 is 0 Å². The van der Waals surface area contributed by atoms with Gasteiger partial charge in [0.05, 0.1) is 24.2 Å². The molecule has 1 saturated heterocycles. The summed E-state index contributed by atoms with van der Waals surface area (Å²) in [6.45, 7) is 3.64. The van der Waals surface area contributed by atoms with E-state index in [9.17, 15) is 0 Å². The number of alkyl halides is 1. The molecule has 1 aromatic rings. The predicted octanol–water partition coefficient (Wildman–Crippen LogP) is 1.69. The number of likely N-dealkylation sites (N-methyl/N-ethyl adjacent to an activating group) is 1. The normalized spacial score (nSPS) is 20.4. The number of hydrogen-bond acceptors (Lipinski definition) is 3. The monoisotopic (exact) mass is 243 g/mol. The van der Waals surface area contributed by atoms with Crippen molar-refractivity contribution in [3.05, 3.63) is 11.3 Å². The van der Waals surface area contributed by atoms with Crippen LogP contribution >= 0.6 is 11.6 Å². The first-order valence-corrected chi connectivity index (χ1v) is 6.07. The molecule has 0 radical (unpaired) electrons. The quantitative estimate of drug-likeness (QED) is 0.757. The van der Waals surface area contributed by atoms with Crippen LogP contribution in [-0.4, -0.2) is 36.1 Å². The van der Waals surface area contributed by atoms with Crippen LogP contribution in [0.1, 0.15) is 17.7 Å². The standard InChI is InChI=1S/C11H18ClN3O/c1-8-10(6-12)11(15(3)13-8)14(2)9-4-5-16-7-9/h9H,4-7H2,1-3H3. The molecule has 1 atom stereocenters. The van der Waals surface area contributed by atoms with Crippen molar-refractivity contribution >= 4 is 17.4 Å². The first-order valence-electron chi connectivity index (χ1n) is 5.54. The molecule has 0 aliphatic carbocycles. The maximum absolute atomic E-state index is 5.99. The number of aromatic nitrogens is 2. The lowest BCUT2D eigenvalue weighted by Gasteiger charge is -2.26. The highest BCUT2D eigenvalue weighted by molar-refractivity contribution is 6.17. The lowest BCUT2D eigenvalue weighted by atomic mass is 10.2. The molecule has 0 bridgehead atoms. The third-order valence-corrected chi connectivity index (χ3v) is 3.50. The van der Waals surface area contributed by atoms with Gasteiger partial charge < -0.3 is 9.64 Å². The van der Waals surface area contributed by atoms with Crippen molar-refractivity contribution in [1.29, 1.82) is 0 Å². The van der Waals surface area contributed by atoms with Gasteiger partial charge in [-0.1, -0.05) is 0 Å². The van der Waals surface area contributed by atoms with Crippen molar-refractivity contribution in [2.45, 2.75) is 25.3 Å². The van der Waals surface area contributed by atoms with Crippen LogP contribution in [0, 0.1) is 6.92 Å². The van der Waals surface area contributed by atoms with Crippen molar-refractivity contribution in [1.82, 2.24) is 9.78 Å². The van der Waals surface area contributed by atoms with E-state index in [0.717, 1.165) is 36.7 Å². The Morgan fingerprint density at radius 2 is 2.38 bits per heavy atom. The second-order valence-electron chi connectivity index (χ2n) is 4.27. The highest BCUT2D eigenvalue weighted by atomic mass is 35.5. The zero-order valence-corrected chi connectivity index (χ0v) is 10.8. The first kappa shape index (κ1) is 11.7. The Morgan fingerprint density at radius 1 is 1.62 bits per heavy atom. The van der Waals surface area contributed by atoms with Gasteiger partial charge in [0.1, 0.15) is 5.82 Å². The summed E-state index contributed by atoms with van der Waals surface area (Å²) in [7, 11) is 4.05. The molecule has 1 unspecified atom stereocenters.